The molecule has 0 radical (unpaired) electrons. The average molecular weight is 415 g/mol. The Balaban J connectivity index is 4.47. The molecular formula is C26H51ClO. The predicted molar refractivity (Wildman–Crippen MR) is 127 cm³/mol. The van der Waals surface area contributed by atoms with Crippen molar-refractivity contribution in [1.82, 2.24) is 0 Å². The van der Waals surface area contributed by atoms with E-state index in [1.54, 1.807) is 0 Å². The van der Waals surface area contributed by atoms with Crippen LogP contribution in [0, 0.1) is 5.41 Å². The van der Waals surface area contributed by atoms with Gasteiger partial charge in [0.15, 0.2) is 0 Å². The number of hydrogen-bond acceptors (Lipinski definition) is 1. The molecule has 168 valence electrons. The Morgan fingerprint density at radius 1 is 0.500 bits per heavy atom. The highest BCUT2D eigenvalue weighted by Crippen LogP contribution is 2.39. The van der Waals surface area contributed by atoms with Gasteiger partial charge in [-0.05, 0) is 30.9 Å². The number of halogens is 1. The Morgan fingerprint density at radius 2 is 0.750 bits per heavy atom. The second-order valence-electron chi connectivity index (χ2n) is 9.11. The molecule has 0 aromatic heterocycles. The second kappa shape index (κ2) is 20.2. The van der Waals surface area contributed by atoms with Crippen LogP contribution in [0.25, 0.3) is 0 Å². The van der Waals surface area contributed by atoms with Crippen LogP contribution in [0.4, 0.5) is 0 Å². The maximum absolute atomic E-state index is 12.5. The first-order valence-corrected chi connectivity index (χ1v) is 13.2. The summed E-state index contributed by atoms with van der Waals surface area (Å²) < 4.78 is 0. The molecule has 0 aromatic rings. The van der Waals surface area contributed by atoms with E-state index in [0.717, 1.165) is 19.3 Å². The van der Waals surface area contributed by atoms with Crippen LogP contribution < -0.4 is 0 Å². The van der Waals surface area contributed by atoms with Crippen molar-refractivity contribution in [1.29, 1.82) is 0 Å². The molecule has 0 saturated carbocycles. The minimum Gasteiger partial charge on any atom is -0.281 e. The number of unbranched alkanes of at least 4 members (excludes halogenated alkanes) is 15. The topological polar surface area (TPSA) is 17.1 Å². The van der Waals surface area contributed by atoms with Gasteiger partial charge in [0.25, 0.3) is 0 Å². The molecule has 0 rings (SSSR count). The Morgan fingerprint density at radius 3 is 1.00 bits per heavy atom. The van der Waals surface area contributed by atoms with E-state index in [1.807, 2.05) is 0 Å². The van der Waals surface area contributed by atoms with Gasteiger partial charge in [0.2, 0.25) is 5.24 Å². The van der Waals surface area contributed by atoms with E-state index in [9.17, 15) is 4.79 Å². The Kier molecular flexibility index (Phi) is 20.2. The van der Waals surface area contributed by atoms with Crippen LogP contribution in [0.1, 0.15) is 156 Å². The van der Waals surface area contributed by atoms with Crippen LogP contribution in [0.5, 0.6) is 0 Å². The van der Waals surface area contributed by atoms with Crippen molar-refractivity contribution in [3.05, 3.63) is 0 Å². The summed E-state index contributed by atoms with van der Waals surface area (Å²) in [4.78, 5) is 12.5. The van der Waals surface area contributed by atoms with Crippen molar-refractivity contribution >= 4 is 16.8 Å². The molecule has 0 spiro atoms. The molecule has 0 saturated heterocycles. The molecule has 0 heterocycles. The van der Waals surface area contributed by atoms with Gasteiger partial charge in [0.05, 0.1) is 0 Å². The molecule has 0 aliphatic heterocycles. The summed E-state index contributed by atoms with van der Waals surface area (Å²) >= 11 is 6.25. The van der Waals surface area contributed by atoms with Gasteiger partial charge in [-0.15, -0.1) is 0 Å². The summed E-state index contributed by atoms with van der Waals surface area (Å²) in [6.45, 7) is 6.79. The Labute approximate surface area is 182 Å². The van der Waals surface area contributed by atoms with Crippen LogP contribution >= 0.6 is 11.6 Å². The zero-order valence-corrected chi connectivity index (χ0v) is 20.4. The lowest BCUT2D eigenvalue weighted by Gasteiger charge is -2.30. The third kappa shape index (κ3) is 14.9. The molecule has 0 aliphatic carbocycles. The van der Waals surface area contributed by atoms with Gasteiger partial charge in [-0.2, -0.15) is 0 Å². The molecule has 0 bridgehead atoms. The van der Waals surface area contributed by atoms with Crippen molar-refractivity contribution < 1.29 is 4.79 Å². The zero-order chi connectivity index (χ0) is 20.9. The maximum atomic E-state index is 12.5. The van der Waals surface area contributed by atoms with E-state index in [4.69, 9.17) is 11.6 Å². The smallest absolute Gasteiger partial charge is 0.227 e. The molecule has 1 nitrogen and oxygen atoms in total. The maximum Gasteiger partial charge on any atom is 0.227 e. The van der Waals surface area contributed by atoms with Gasteiger partial charge >= 0.3 is 0 Å². The monoisotopic (exact) mass is 414 g/mol. The van der Waals surface area contributed by atoms with E-state index < -0.39 is 0 Å². The summed E-state index contributed by atoms with van der Waals surface area (Å²) in [6.07, 6.45) is 26.2. The summed E-state index contributed by atoms with van der Waals surface area (Å²) in [7, 11) is 0. The summed E-state index contributed by atoms with van der Waals surface area (Å²) in [5, 5.41) is -0.0387. The van der Waals surface area contributed by atoms with Crippen LogP contribution in [0.15, 0.2) is 0 Å². The molecule has 0 aliphatic rings. The lowest BCUT2D eigenvalue weighted by molar-refractivity contribution is -0.122. The Hall–Kier alpha value is -0.0400. The predicted octanol–water partition coefficient (Wildman–Crippen LogP) is 9.99. The lowest BCUT2D eigenvalue weighted by Crippen LogP contribution is -2.28. The first kappa shape index (κ1) is 28.0. The van der Waals surface area contributed by atoms with Gasteiger partial charge in [-0.25, -0.2) is 0 Å². The normalized spacial score (nSPS) is 11.9. The third-order valence-corrected chi connectivity index (χ3v) is 6.84. The molecule has 0 atom stereocenters. The Bertz CT molecular complexity index is 299. The largest absolute Gasteiger partial charge is 0.281 e. The quantitative estimate of drug-likeness (QED) is 0.127. The first-order chi connectivity index (χ1) is 13.6. The van der Waals surface area contributed by atoms with Gasteiger partial charge in [0.1, 0.15) is 0 Å². The van der Waals surface area contributed by atoms with E-state index >= 15 is 0 Å². The highest BCUT2D eigenvalue weighted by Gasteiger charge is 2.35. The highest BCUT2D eigenvalue weighted by molar-refractivity contribution is 6.64. The molecule has 0 N–H and O–H groups in total. The summed E-state index contributed by atoms with van der Waals surface area (Å²) in [5.41, 5.74) is -0.234. The van der Waals surface area contributed by atoms with Crippen LogP contribution in [0.3, 0.4) is 0 Å². The number of carbonyl (C=O) groups is 1. The third-order valence-electron chi connectivity index (χ3n) is 6.44. The minimum absolute atomic E-state index is 0.0387. The van der Waals surface area contributed by atoms with Gasteiger partial charge in [-0.1, -0.05) is 136 Å². The molecule has 2 heteroatoms. The molecule has 0 aromatic carbocycles. The van der Waals surface area contributed by atoms with Crippen LogP contribution in [-0.4, -0.2) is 5.24 Å². The van der Waals surface area contributed by atoms with E-state index in [1.165, 1.54) is 116 Å². The molecule has 0 amide bonds. The molecule has 28 heavy (non-hydrogen) atoms. The average Bonchev–Trinajstić information content (AvgIpc) is 2.69. The van der Waals surface area contributed by atoms with Gasteiger partial charge in [0, 0.05) is 5.41 Å². The zero-order valence-electron chi connectivity index (χ0n) is 19.6. The van der Waals surface area contributed by atoms with E-state index in [2.05, 4.69) is 20.8 Å². The van der Waals surface area contributed by atoms with Crippen molar-refractivity contribution in [2.24, 2.45) is 5.41 Å². The standard InChI is InChI=1S/C26H51ClO/c1-4-7-10-13-16-19-22-26(25(27)28,23-20-17-14-11-8-5-2)24-21-18-15-12-9-6-3/h4-24H2,1-3H3. The molecular weight excluding hydrogens is 364 g/mol. The van der Waals surface area contributed by atoms with Crippen LogP contribution in [-0.2, 0) is 4.79 Å². The fourth-order valence-corrected chi connectivity index (χ4v) is 4.68. The van der Waals surface area contributed by atoms with Crippen molar-refractivity contribution in [3.8, 4) is 0 Å². The lowest BCUT2D eigenvalue weighted by atomic mass is 9.75. The molecule has 0 unspecified atom stereocenters. The van der Waals surface area contributed by atoms with E-state index in [0.29, 0.717) is 0 Å². The van der Waals surface area contributed by atoms with Gasteiger partial charge in [-0.3, -0.25) is 4.79 Å². The summed E-state index contributed by atoms with van der Waals surface area (Å²) in [5.74, 6) is 0. The van der Waals surface area contributed by atoms with Crippen molar-refractivity contribution in [2.45, 2.75) is 156 Å². The van der Waals surface area contributed by atoms with Crippen LogP contribution in [0.2, 0.25) is 0 Å². The molecule has 0 fully saturated rings. The van der Waals surface area contributed by atoms with Crippen molar-refractivity contribution in [2.75, 3.05) is 0 Å². The van der Waals surface area contributed by atoms with E-state index in [-0.39, 0.29) is 10.7 Å². The fraction of sp³-hybridized carbons (Fsp3) is 0.962. The minimum atomic E-state index is -0.234. The number of carbonyl (C=O) groups excluding carboxylic acids is 1. The SMILES string of the molecule is CCCCCCCCC(CCCCCCCC)(CCCCCCCC)C(=O)Cl. The van der Waals surface area contributed by atoms with Crippen molar-refractivity contribution in [3.63, 3.8) is 0 Å². The summed E-state index contributed by atoms with van der Waals surface area (Å²) in [6, 6.07) is 0. The first-order valence-electron chi connectivity index (χ1n) is 12.8. The second-order valence-corrected chi connectivity index (χ2v) is 9.45. The highest BCUT2D eigenvalue weighted by atomic mass is 35.5. The fourth-order valence-electron chi connectivity index (χ4n) is 4.40. The number of hydrogen-bond donors (Lipinski definition) is 0. The number of rotatable bonds is 22. The van der Waals surface area contributed by atoms with Gasteiger partial charge < -0.3 is 0 Å².